The van der Waals surface area contributed by atoms with E-state index in [0.29, 0.717) is 17.7 Å². The third-order valence-electron chi connectivity index (χ3n) is 5.94. The molecule has 3 amide bonds. The van der Waals surface area contributed by atoms with Crippen molar-refractivity contribution in [2.75, 3.05) is 5.75 Å². The summed E-state index contributed by atoms with van der Waals surface area (Å²) in [7, 11) is 0. The topological polar surface area (TPSA) is 154 Å². The van der Waals surface area contributed by atoms with Gasteiger partial charge >= 0.3 is 0 Å². The molecule has 0 radical (unpaired) electrons. The molecule has 0 heterocycles. The van der Waals surface area contributed by atoms with Gasteiger partial charge in [-0.15, -0.1) is 0 Å². The number of hydrogen-bond donors (Lipinski definition) is 7. The van der Waals surface area contributed by atoms with Crippen LogP contribution in [0.3, 0.4) is 0 Å². The molecular formula is C28H32N4O5S. The van der Waals surface area contributed by atoms with E-state index in [1.54, 1.807) is 24.3 Å². The van der Waals surface area contributed by atoms with Crippen molar-refractivity contribution in [3.05, 3.63) is 95.6 Å². The molecule has 0 fully saturated rings. The summed E-state index contributed by atoms with van der Waals surface area (Å²) in [5.41, 5.74) is 7.93. The Balaban J connectivity index is 1.74. The molecule has 0 aliphatic rings. The highest BCUT2D eigenvalue weighted by atomic mass is 32.1. The van der Waals surface area contributed by atoms with E-state index in [9.17, 15) is 24.6 Å². The van der Waals surface area contributed by atoms with Gasteiger partial charge in [-0.1, -0.05) is 54.6 Å². The van der Waals surface area contributed by atoms with Gasteiger partial charge in [0.1, 0.15) is 23.6 Å². The van der Waals surface area contributed by atoms with E-state index in [0.717, 1.165) is 5.56 Å². The summed E-state index contributed by atoms with van der Waals surface area (Å²) in [4.78, 5) is 38.6. The van der Waals surface area contributed by atoms with E-state index in [1.807, 2.05) is 30.3 Å². The van der Waals surface area contributed by atoms with Crippen LogP contribution in [0.1, 0.15) is 16.7 Å². The zero-order chi connectivity index (χ0) is 27.5. The fourth-order valence-corrected chi connectivity index (χ4v) is 4.08. The maximum absolute atomic E-state index is 13.3. The van der Waals surface area contributed by atoms with Crippen molar-refractivity contribution in [3.8, 4) is 11.5 Å². The largest absolute Gasteiger partial charge is 0.508 e. The molecule has 3 rings (SSSR count). The highest BCUT2D eigenvalue weighted by molar-refractivity contribution is 7.80. The van der Waals surface area contributed by atoms with Crippen molar-refractivity contribution in [1.29, 1.82) is 0 Å². The fourth-order valence-electron chi connectivity index (χ4n) is 3.79. The highest BCUT2D eigenvalue weighted by Crippen LogP contribution is 2.14. The van der Waals surface area contributed by atoms with Crippen molar-refractivity contribution in [1.82, 2.24) is 16.0 Å². The lowest BCUT2D eigenvalue weighted by Gasteiger charge is -2.24. The predicted octanol–water partition coefficient (Wildman–Crippen LogP) is 1.43. The minimum absolute atomic E-state index is 0.0710. The van der Waals surface area contributed by atoms with Gasteiger partial charge in [-0.2, -0.15) is 12.6 Å². The first-order chi connectivity index (χ1) is 18.2. The van der Waals surface area contributed by atoms with E-state index in [4.69, 9.17) is 5.73 Å². The van der Waals surface area contributed by atoms with Crippen LogP contribution in [0, 0.1) is 0 Å². The molecule has 0 unspecified atom stereocenters. The van der Waals surface area contributed by atoms with E-state index in [2.05, 4.69) is 28.6 Å². The van der Waals surface area contributed by atoms with E-state index < -0.39 is 35.8 Å². The van der Waals surface area contributed by atoms with Crippen LogP contribution in [-0.2, 0) is 33.8 Å². The first-order valence-electron chi connectivity index (χ1n) is 12.1. The number of hydrogen-bond acceptors (Lipinski definition) is 7. The molecule has 38 heavy (non-hydrogen) atoms. The van der Waals surface area contributed by atoms with Crippen LogP contribution in [0.15, 0.2) is 78.9 Å². The Morgan fingerprint density at radius 1 is 0.684 bits per heavy atom. The number of aromatic hydroxyl groups is 2. The summed E-state index contributed by atoms with van der Waals surface area (Å²) in [6.45, 7) is 0.435. The minimum atomic E-state index is -1.04. The number of rotatable bonds is 13. The molecule has 0 bridgehead atoms. The maximum atomic E-state index is 13.3. The van der Waals surface area contributed by atoms with Crippen LogP contribution < -0.4 is 21.7 Å². The Morgan fingerprint density at radius 3 is 1.66 bits per heavy atom. The maximum Gasteiger partial charge on any atom is 0.243 e. The molecule has 9 nitrogen and oxygen atoms in total. The van der Waals surface area contributed by atoms with Crippen molar-refractivity contribution < 1.29 is 24.6 Å². The molecule has 3 atom stereocenters. The summed E-state index contributed by atoms with van der Waals surface area (Å²) >= 11 is 4.30. The normalized spacial score (nSPS) is 13.2. The van der Waals surface area contributed by atoms with Gasteiger partial charge in [0.05, 0.1) is 6.04 Å². The van der Waals surface area contributed by atoms with E-state index >= 15 is 0 Å². The molecule has 10 heteroatoms. The van der Waals surface area contributed by atoms with Crippen LogP contribution in [-0.4, -0.2) is 51.8 Å². The molecule has 200 valence electrons. The van der Waals surface area contributed by atoms with E-state index in [1.165, 1.54) is 24.3 Å². The number of benzene rings is 3. The third-order valence-corrected chi connectivity index (χ3v) is 6.30. The van der Waals surface area contributed by atoms with Crippen molar-refractivity contribution in [2.45, 2.75) is 37.5 Å². The number of primary amides is 1. The van der Waals surface area contributed by atoms with Gasteiger partial charge in [0, 0.05) is 25.1 Å². The second-order valence-electron chi connectivity index (χ2n) is 8.87. The lowest BCUT2D eigenvalue weighted by molar-refractivity contribution is -0.131. The SMILES string of the molecule is NC(=O)[C@H](Cc1ccc(O)cc1)NC(=O)[C@H](Cc1ccc(O)cc1)NC(=O)[C@H](CS)NCc1ccccc1. The van der Waals surface area contributed by atoms with Crippen LogP contribution in [0.5, 0.6) is 11.5 Å². The minimum Gasteiger partial charge on any atom is -0.508 e. The number of carbonyl (C=O) groups excluding carboxylic acids is 3. The molecular weight excluding hydrogens is 504 g/mol. The zero-order valence-electron chi connectivity index (χ0n) is 20.7. The van der Waals surface area contributed by atoms with Crippen LogP contribution in [0.25, 0.3) is 0 Å². The lowest BCUT2D eigenvalue weighted by atomic mass is 10.0. The fraction of sp³-hybridized carbons (Fsp3) is 0.250. The number of carbonyl (C=O) groups is 3. The van der Waals surface area contributed by atoms with Gasteiger partial charge in [-0.3, -0.25) is 14.4 Å². The average Bonchev–Trinajstić information content (AvgIpc) is 2.91. The quantitative estimate of drug-likeness (QED) is 0.164. The van der Waals surface area contributed by atoms with Gasteiger partial charge in [0.2, 0.25) is 17.7 Å². The molecule has 7 N–H and O–H groups in total. The second-order valence-corrected chi connectivity index (χ2v) is 9.23. The lowest BCUT2D eigenvalue weighted by Crippen LogP contribution is -2.57. The van der Waals surface area contributed by atoms with Gasteiger partial charge in [0.15, 0.2) is 0 Å². The first-order valence-corrected chi connectivity index (χ1v) is 12.7. The molecule has 0 spiro atoms. The van der Waals surface area contributed by atoms with E-state index in [-0.39, 0.29) is 30.1 Å². The smallest absolute Gasteiger partial charge is 0.243 e. The molecule has 3 aromatic carbocycles. The molecule has 0 saturated heterocycles. The summed E-state index contributed by atoms with van der Waals surface area (Å²) < 4.78 is 0. The summed E-state index contributed by atoms with van der Waals surface area (Å²) in [5, 5.41) is 27.7. The van der Waals surface area contributed by atoms with Crippen LogP contribution >= 0.6 is 12.6 Å². The van der Waals surface area contributed by atoms with Crippen molar-refractivity contribution in [2.24, 2.45) is 5.73 Å². The zero-order valence-corrected chi connectivity index (χ0v) is 21.6. The molecule has 3 aromatic rings. The van der Waals surface area contributed by atoms with Crippen molar-refractivity contribution in [3.63, 3.8) is 0 Å². The third kappa shape index (κ3) is 8.82. The second kappa shape index (κ2) is 14.1. The first kappa shape index (κ1) is 28.5. The van der Waals surface area contributed by atoms with Crippen molar-refractivity contribution >= 4 is 30.4 Å². The van der Waals surface area contributed by atoms with Gasteiger partial charge in [-0.25, -0.2) is 0 Å². The average molecular weight is 537 g/mol. The summed E-state index contributed by atoms with van der Waals surface area (Å²) in [6.07, 6.45) is 0.222. The number of phenols is 2. The Morgan fingerprint density at radius 2 is 1.16 bits per heavy atom. The summed E-state index contributed by atoms with van der Waals surface area (Å²) in [6, 6.07) is 19.3. The number of amides is 3. The Kier molecular flexibility index (Phi) is 10.6. The van der Waals surface area contributed by atoms with Gasteiger partial charge < -0.3 is 31.9 Å². The molecule has 0 saturated carbocycles. The van der Waals surface area contributed by atoms with Gasteiger partial charge in [0.25, 0.3) is 0 Å². The number of nitrogens with one attached hydrogen (secondary N) is 3. The Hall–Kier alpha value is -4.02. The standard InChI is InChI=1S/C28H32N4O5S/c29-26(35)23(14-18-6-10-21(33)11-7-18)31-27(36)24(15-19-8-12-22(34)13-9-19)32-28(37)25(17-38)30-16-20-4-2-1-3-5-20/h1-13,23-25,30,33-34,38H,14-17H2,(H2,29,35)(H,31,36)(H,32,37)/t23-,24-,25-/m0/s1. The van der Waals surface area contributed by atoms with Crippen LogP contribution in [0.4, 0.5) is 0 Å². The Labute approximate surface area is 226 Å². The molecule has 0 aromatic heterocycles. The highest BCUT2D eigenvalue weighted by Gasteiger charge is 2.28. The monoisotopic (exact) mass is 536 g/mol. The summed E-state index contributed by atoms with van der Waals surface area (Å²) in [5.74, 6) is -1.42. The number of thiol groups is 1. The molecule has 0 aliphatic carbocycles. The Bertz CT molecular complexity index is 1210. The molecule has 0 aliphatic heterocycles. The van der Waals surface area contributed by atoms with Gasteiger partial charge in [-0.05, 0) is 41.0 Å². The number of phenolic OH excluding ortho intramolecular Hbond substituents is 2. The predicted molar refractivity (Wildman–Crippen MR) is 148 cm³/mol. The number of nitrogens with two attached hydrogens (primary N) is 1. The van der Waals surface area contributed by atoms with Crippen LogP contribution in [0.2, 0.25) is 0 Å².